The summed E-state index contributed by atoms with van der Waals surface area (Å²) in [6.45, 7) is 4.40. The first-order chi connectivity index (χ1) is 19.4. The summed E-state index contributed by atoms with van der Waals surface area (Å²) in [6, 6.07) is 25.0. The monoisotopic (exact) mass is 570 g/mol. The lowest BCUT2D eigenvalue weighted by atomic mass is 9.98. The average molecular weight is 571 g/mol. The third-order valence-corrected chi connectivity index (χ3v) is 8.78. The van der Waals surface area contributed by atoms with Gasteiger partial charge in [-0.15, -0.1) is 0 Å². The van der Waals surface area contributed by atoms with Crippen molar-refractivity contribution in [2.75, 3.05) is 41.9 Å². The van der Waals surface area contributed by atoms with Crippen LogP contribution in [0.3, 0.4) is 0 Å². The molecule has 0 bridgehead atoms. The number of thiocarbonyl (C=S) groups is 1. The molecule has 206 valence electrons. The summed E-state index contributed by atoms with van der Waals surface area (Å²) in [5.41, 5.74) is 6.38. The molecular formula is C32H35ClN6S. The molecule has 4 aromatic rings. The van der Waals surface area contributed by atoms with Crippen LogP contribution < -0.4 is 20.0 Å². The van der Waals surface area contributed by atoms with Crippen LogP contribution in [0.5, 0.6) is 0 Å². The molecule has 2 aromatic carbocycles. The van der Waals surface area contributed by atoms with Crippen LogP contribution in [0.15, 0.2) is 85.2 Å². The maximum absolute atomic E-state index is 6.97. The molecule has 4 heterocycles. The number of nitrogens with one attached hydrogen (secondary N) is 1. The second kappa shape index (κ2) is 11.1. The minimum atomic E-state index is -0.135. The fraction of sp³-hybridized carbons (Fsp3) is 0.312. The second-order valence-corrected chi connectivity index (χ2v) is 11.8. The highest BCUT2D eigenvalue weighted by molar-refractivity contribution is 7.80. The van der Waals surface area contributed by atoms with E-state index in [4.69, 9.17) is 28.8 Å². The molecule has 6 nitrogen and oxygen atoms in total. The molecule has 0 spiro atoms. The van der Waals surface area contributed by atoms with E-state index in [0.717, 1.165) is 58.2 Å². The van der Waals surface area contributed by atoms with Crippen molar-refractivity contribution in [2.45, 2.75) is 31.8 Å². The van der Waals surface area contributed by atoms with Crippen LogP contribution in [0.2, 0.25) is 5.02 Å². The van der Waals surface area contributed by atoms with Crippen molar-refractivity contribution in [1.29, 1.82) is 0 Å². The van der Waals surface area contributed by atoms with Crippen LogP contribution in [0.25, 0.3) is 5.69 Å². The van der Waals surface area contributed by atoms with Gasteiger partial charge in [0.1, 0.15) is 6.04 Å². The van der Waals surface area contributed by atoms with Crippen molar-refractivity contribution in [2.24, 2.45) is 5.92 Å². The maximum atomic E-state index is 6.97. The van der Waals surface area contributed by atoms with Gasteiger partial charge >= 0.3 is 0 Å². The molecule has 2 aliphatic rings. The van der Waals surface area contributed by atoms with E-state index >= 15 is 0 Å². The van der Waals surface area contributed by atoms with Crippen molar-refractivity contribution in [3.63, 3.8) is 0 Å². The van der Waals surface area contributed by atoms with Gasteiger partial charge in [-0.1, -0.05) is 24.6 Å². The van der Waals surface area contributed by atoms with Gasteiger partial charge < -0.3 is 24.6 Å². The quantitative estimate of drug-likeness (QED) is 0.252. The van der Waals surface area contributed by atoms with E-state index in [2.05, 4.69) is 112 Å². The molecular weight excluding hydrogens is 536 g/mol. The summed E-state index contributed by atoms with van der Waals surface area (Å²) < 4.78 is 2.24. The molecule has 2 saturated heterocycles. The molecule has 2 aliphatic heterocycles. The number of nitrogens with zero attached hydrogens (tertiary/aromatic N) is 5. The van der Waals surface area contributed by atoms with E-state index in [-0.39, 0.29) is 12.1 Å². The normalized spacial score (nSPS) is 19.6. The molecule has 6 rings (SSSR count). The van der Waals surface area contributed by atoms with Crippen LogP contribution in [0.1, 0.15) is 43.2 Å². The van der Waals surface area contributed by atoms with Crippen molar-refractivity contribution in [1.82, 2.24) is 14.9 Å². The highest BCUT2D eigenvalue weighted by atomic mass is 35.5. The van der Waals surface area contributed by atoms with Crippen LogP contribution in [-0.4, -0.2) is 41.8 Å². The molecule has 8 heteroatoms. The summed E-state index contributed by atoms with van der Waals surface area (Å²) in [6.07, 6.45) is 6.34. The average Bonchev–Trinajstić information content (AvgIpc) is 3.58. The number of pyridine rings is 1. The van der Waals surface area contributed by atoms with Crippen molar-refractivity contribution in [3.8, 4) is 5.69 Å². The van der Waals surface area contributed by atoms with Gasteiger partial charge in [0.15, 0.2) is 5.11 Å². The van der Waals surface area contributed by atoms with Gasteiger partial charge in [-0.2, -0.15) is 0 Å². The molecule has 0 saturated carbocycles. The topological polar surface area (TPSA) is 39.6 Å². The van der Waals surface area contributed by atoms with Crippen molar-refractivity contribution >= 4 is 46.0 Å². The SMILES string of the molecule is CC1CCN(c2ccc(N3C(=S)N[C@@H](c4ccccn4)[C@@H]3c3cccn3-c3ccc(N(C)C)cc3)cc2Cl)CC1. The first kappa shape index (κ1) is 26.7. The lowest BCUT2D eigenvalue weighted by Crippen LogP contribution is -2.33. The smallest absolute Gasteiger partial charge is 0.174 e. The molecule has 2 aromatic heterocycles. The number of anilines is 3. The van der Waals surface area contributed by atoms with Gasteiger partial charge in [0, 0.05) is 62.3 Å². The first-order valence-electron chi connectivity index (χ1n) is 13.9. The Bertz CT molecular complexity index is 1480. The molecule has 40 heavy (non-hydrogen) atoms. The number of aromatic nitrogens is 2. The summed E-state index contributed by atoms with van der Waals surface area (Å²) in [5.74, 6) is 0.766. The number of rotatable bonds is 6. The van der Waals surface area contributed by atoms with Gasteiger partial charge in [-0.05, 0) is 97.7 Å². The number of hydrogen-bond acceptors (Lipinski definition) is 4. The Kier molecular flexibility index (Phi) is 7.43. The van der Waals surface area contributed by atoms with Crippen molar-refractivity contribution in [3.05, 3.63) is 102 Å². The Hall–Kier alpha value is -3.55. The molecule has 2 fully saturated rings. The van der Waals surface area contributed by atoms with Crippen LogP contribution >= 0.6 is 23.8 Å². The zero-order chi connectivity index (χ0) is 27.8. The largest absolute Gasteiger partial charge is 0.378 e. The van der Waals surface area contributed by atoms with Crippen LogP contribution in [0.4, 0.5) is 17.1 Å². The Morgan fingerprint density at radius 2 is 1.70 bits per heavy atom. The van der Waals surface area contributed by atoms with Gasteiger partial charge in [0.05, 0.1) is 22.4 Å². The van der Waals surface area contributed by atoms with E-state index in [1.165, 1.54) is 12.8 Å². The van der Waals surface area contributed by atoms with E-state index in [9.17, 15) is 0 Å². The summed E-state index contributed by atoms with van der Waals surface area (Å²) in [4.78, 5) is 11.4. The van der Waals surface area contributed by atoms with E-state index in [0.29, 0.717) is 5.11 Å². The fourth-order valence-corrected chi connectivity index (χ4v) is 6.51. The Balaban J connectivity index is 1.41. The molecule has 2 atom stereocenters. The van der Waals surface area contributed by atoms with Crippen LogP contribution in [-0.2, 0) is 0 Å². The predicted octanol–water partition coefficient (Wildman–Crippen LogP) is 7.01. The lowest BCUT2D eigenvalue weighted by molar-refractivity contribution is 0.438. The molecule has 0 unspecified atom stereocenters. The highest BCUT2D eigenvalue weighted by Gasteiger charge is 2.42. The first-order valence-corrected chi connectivity index (χ1v) is 14.7. The summed E-state index contributed by atoms with van der Waals surface area (Å²) in [7, 11) is 4.11. The number of hydrogen-bond donors (Lipinski definition) is 1. The van der Waals surface area contributed by atoms with E-state index in [1.807, 2.05) is 18.3 Å². The Labute approximate surface area is 247 Å². The standard InChI is InChI=1S/C32H35ClN6S/c1-22-15-19-37(20-16-22)28-14-13-25(21-26(28)33)39-31(30(35-32(39)40)27-7-4-5-17-34-27)29-8-6-18-38(29)24-11-9-23(10-12-24)36(2)3/h4-14,17-18,21-22,30-31H,15-16,19-20H2,1-3H3,(H,35,40)/t30-,31-/m0/s1. The zero-order valence-electron chi connectivity index (χ0n) is 23.2. The van der Waals surface area contributed by atoms with Crippen LogP contribution in [0, 0.1) is 5.92 Å². The predicted molar refractivity (Wildman–Crippen MR) is 170 cm³/mol. The summed E-state index contributed by atoms with van der Waals surface area (Å²) in [5, 5.41) is 5.00. The second-order valence-electron chi connectivity index (χ2n) is 11.0. The lowest BCUT2D eigenvalue weighted by Gasteiger charge is -2.33. The fourth-order valence-electron chi connectivity index (χ4n) is 5.87. The maximum Gasteiger partial charge on any atom is 0.174 e. The number of piperidine rings is 1. The molecule has 0 radical (unpaired) electrons. The Morgan fingerprint density at radius 1 is 0.950 bits per heavy atom. The minimum absolute atomic E-state index is 0.134. The van der Waals surface area contributed by atoms with Crippen molar-refractivity contribution < 1.29 is 0 Å². The minimum Gasteiger partial charge on any atom is -0.378 e. The summed E-state index contributed by atoms with van der Waals surface area (Å²) >= 11 is 13.0. The Morgan fingerprint density at radius 3 is 2.38 bits per heavy atom. The molecule has 0 amide bonds. The van der Waals surface area contributed by atoms with E-state index in [1.54, 1.807) is 0 Å². The number of benzene rings is 2. The van der Waals surface area contributed by atoms with Gasteiger partial charge in [0.2, 0.25) is 0 Å². The zero-order valence-corrected chi connectivity index (χ0v) is 24.7. The molecule has 0 aliphatic carbocycles. The third-order valence-electron chi connectivity index (χ3n) is 8.16. The van der Waals surface area contributed by atoms with Gasteiger partial charge in [-0.3, -0.25) is 4.98 Å². The van der Waals surface area contributed by atoms with Gasteiger partial charge in [0.25, 0.3) is 0 Å². The molecule has 1 N–H and O–H groups in total. The highest BCUT2D eigenvalue weighted by Crippen LogP contribution is 2.44. The third kappa shape index (κ3) is 5.04. The number of halogens is 1. The van der Waals surface area contributed by atoms with Gasteiger partial charge in [-0.25, -0.2) is 0 Å². The van der Waals surface area contributed by atoms with E-state index < -0.39 is 0 Å².